The van der Waals surface area contributed by atoms with Gasteiger partial charge in [0.05, 0.1) is 23.9 Å². The van der Waals surface area contributed by atoms with Gasteiger partial charge in [-0.3, -0.25) is 0 Å². The molecule has 1 aromatic rings. The lowest BCUT2D eigenvalue weighted by Gasteiger charge is -2.33. The molecule has 1 heterocycles. The fourth-order valence-corrected chi connectivity index (χ4v) is 2.67. The van der Waals surface area contributed by atoms with E-state index in [-0.39, 0.29) is 18.1 Å². The SMILES string of the molecule is COc1ccc(Cl)c(NC(=O)N2CCC(C(C)O)CC2)c1. The topological polar surface area (TPSA) is 61.8 Å². The zero-order chi connectivity index (χ0) is 15.4. The Balaban J connectivity index is 1.96. The number of carbonyl (C=O) groups excluding carboxylic acids is 1. The number of rotatable bonds is 3. The Morgan fingerprint density at radius 3 is 2.71 bits per heavy atom. The number of likely N-dealkylation sites (tertiary alicyclic amines) is 1. The van der Waals surface area contributed by atoms with Crippen molar-refractivity contribution in [3.8, 4) is 5.75 Å². The quantitative estimate of drug-likeness (QED) is 0.902. The van der Waals surface area contributed by atoms with Crippen LogP contribution in [0.1, 0.15) is 19.8 Å². The third kappa shape index (κ3) is 4.02. The van der Waals surface area contributed by atoms with Crippen LogP contribution in [0.15, 0.2) is 18.2 Å². The highest BCUT2D eigenvalue weighted by Crippen LogP contribution is 2.27. The van der Waals surface area contributed by atoms with Gasteiger partial charge in [0.15, 0.2) is 0 Å². The highest BCUT2D eigenvalue weighted by molar-refractivity contribution is 6.33. The molecule has 2 amide bonds. The predicted octanol–water partition coefficient (Wildman–Crippen LogP) is 2.97. The molecule has 0 bridgehead atoms. The molecule has 1 unspecified atom stereocenters. The zero-order valence-corrected chi connectivity index (χ0v) is 13.1. The van der Waals surface area contributed by atoms with E-state index in [0.29, 0.717) is 29.5 Å². The molecule has 116 valence electrons. The Kier molecular flexibility index (Phi) is 5.31. The van der Waals surface area contributed by atoms with Crippen LogP contribution in [0.5, 0.6) is 5.75 Å². The van der Waals surface area contributed by atoms with Gasteiger partial charge in [-0.15, -0.1) is 0 Å². The fraction of sp³-hybridized carbons (Fsp3) is 0.533. The van der Waals surface area contributed by atoms with Crippen LogP contribution in [0.3, 0.4) is 0 Å². The Morgan fingerprint density at radius 2 is 2.14 bits per heavy atom. The number of piperidine rings is 1. The van der Waals surface area contributed by atoms with Crippen molar-refractivity contribution >= 4 is 23.3 Å². The summed E-state index contributed by atoms with van der Waals surface area (Å²) in [7, 11) is 1.57. The van der Waals surface area contributed by atoms with Gasteiger partial charge in [0.25, 0.3) is 0 Å². The highest BCUT2D eigenvalue weighted by atomic mass is 35.5. The van der Waals surface area contributed by atoms with E-state index in [9.17, 15) is 9.90 Å². The molecule has 1 aromatic carbocycles. The van der Waals surface area contributed by atoms with Gasteiger partial charge < -0.3 is 20.1 Å². The van der Waals surface area contributed by atoms with Crippen molar-refractivity contribution in [1.29, 1.82) is 0 Å². The molecule has 0 radical (unpaired) electrons. The van der Waals surface area contributed by atoms with E-state index in [1.54, 1.807) is 37.1 Å². The zero-order valence-electron chi connectivity index (χ0n) is 12.3. The molecule has 5 nitrogen and oxygen atoms in total. The maximum atomic E-state index is 12.2. The van der Waals surface area contributed by atoms with E-state index < -0.39 is 0 Å². The lowest BCUT2D eigenvalue weighted by Crippen LogP contribution is -2.42. The molecular formula is C15H21ClN2O3. The number of hydrogen-bond acceptors (Lipinski definition) is 3. The van der Waals surface area contributed by atoms with Gasteiger partial charge in [0.1, 0.15) is 5.75 Å². The van der Waals surface area contributed by atoms with Crippen molar-refractivity contribution in [2.45, 2.75) is 25.9 Å². The monoisotopic (exact) mass is 312 g/mol. The van der Waals surface area contributed by atoms with Crippen LogP contribution in [0.25, 0.3) is 0 Å². The van der Waals surface area contributed by atoms with Gasteiger partial charge in [0.2, 0.25) is 0 Å². The molecule has 1 fully saturated rings. The molecule has 1 aliphatic rings. The van der Waals surface area contributed by atoms with Crippen molar-refractivity contribution in [3.05, 3.63) is 23.2 Å². The van der Waals surface area contributed by atoms with Crippen LogP contribution < -0.4 is 10.1 Å². The molecule has 6 heteroatoms. The number of nitrogens with one attached hydrogen (secondary N) is 1. The maximum absolute atomic E-state index is 12.2. The summed E-state index contributed by atoms with van der Waals surface area (Å²) in [5.41, 5.74) is 0.540. The predicted molar refractivity (Wildman–Crippen MR) is 83.0 cm³/mol. The van der Waals surface area contributed by atoms with E-state index in [1.807, 2.05) is 0 Å². The summed E-state index contributed by atoms with van der Waals surface area (Å²) >= 11 is 6.08. The van der Waals surface area contributed by atoms with Crippen molar-refractivity contribution in [3.63, 3.8) is 0 Å². The number of ether oxygens (including phenoxy) is 1. The van der Waals surface area contributed by atoms with E-state index in [4.69, 9.17) is 16.3 Å². The molecule has 21 heavy (non-hydrogen) atoms. The standard InChI is InChI=1S/C15H21ClN2O3/c1-10(19)11-5-7-18(8-6-11)15(20)17-14-9-12(21-2)3-4-13(14)16/h3-4,9-11,19H,5-8H2,1-2H3,(H,17,20). The molecule has 1 saturated heterocycles. The normalized spacial score (nSPS) is 17.4. The first-order valence-corrected chi connectivity index (χ1v) is 7.46. The molecule has 0 spiro atoms. The van der Waals surface area contributed by atoms with Crippen LogP contribution in [-0.4, -0.2) is 42.3 Å². The van der Waals surface area contributed by atoms with Crippen LogP contribution in [-0.2, 0) is 0 Å². The number of hydrogen-bond donors (Lipinski definition) is 2. The first kappa shape index (κ1) is 15.9. The van der Waals surface area contributed by atoms with Gasteiger partial charge in [-0.25, -0.2) is 4.79 Å². The highest BCUT2D eigenvalue weighted by Gasteiger charge is 2.25. The Bertz CT molecular complexity index is 500. The number of benzene rings is 1. The van der Waals surface area contributed by atoms with Crippen molar-refractivity contribution < 1.29 is 14.6 Å². The lowest BCUT2D eigenvalue weighted by molar-refractivity contribution is 0.0820. The van der Waals surface area contributed by atoms with Crippen molar-refractivity contribution in [2.75, 3.05) is 25.5 Å². The number of anilines is 1. The van der Waals surface area contributed by atoms with Gasteiger partial charge in [-0.1, -0.05) is 11.6 Å². The first-order chi connectivity index (χ1) is 10.0. The minimum Gasteiger partial charge on any atom is -0.497 e. The van der Waals surface area contributed by atoms with Crippen LogP contribution in [0, 0.1) is 5.92 Å². The maximum Gasteiger partial charge on any atom is 0.321 e. The largest absolute Gasteiger partial charge is 0.497 e. The molecule has 0 aromatic heterocycles. The minimum atomic E-state index is -0.317. The fourth-order valence-electron chi connectivity index (χ4n) is 2.51. The summed E-state index contributed by atoms with van der Waals surface area (Å²) < 4.78 is 5.13. The van der Waals surface area contributed by atoms with Crippen LogP contribution in [0.4, 0.5) is 10.5 Å². The smallest absolute Gasteiger partial charge is 0.321 e. The summed E-state index contributed by atoms with van der Waals surface area (Å²) in [6, 6.07) is 4.96. The molecule has 1 atom stereocenters. The second-order valence-electron chi connectivity index (χ2n) is 5.34. The van der Waals surface area contributed by atoms with Gasteiger partial charge in [-0.05, 0) is 37.8 Å². The summed E-state index contributed by atoms with van der Waals surface area (Å²) in [5, 5.41) is 12.9. The number of aliphatic hydroxyl groups is 1. The average Bonchev–Trinajstić information content (AvgIpc) is 2.49. The summed E-state index contributed by atoms with van der Waals surface area (Å²) in [6.45, 7) is 3.09. The van der Waals surface area contributed by atoms with E-state index in [1.165, 1.54) is 0 Å². The first-order valence-electron chi connectivity index (χ1n) is 7.08. The third-order valence-corrected chi connectivity index (χ3v) is 4.25. The lowest BCUT2D eigenvalue weighted by atomic mass is 9.92. The van der Waals surface area contributed by atoms with E-state index >= 15 is 0 Å². The van der Waals surface area contributed by atoms with Crippen molar-refractivity contribution in [1.82, 2.24) is 4.90 Å². The summed E-state index contributed by atoms with van der Waals surface area (Å²) in [5.74, 6) is 0.914. The summed E-state index contributed by atoms with van der Waals surface area (Å²) in [4.78, 5) is 14.0. The molecule has 2 N–H and O–H groups in total. The number of carbonyl (C=O) groups is 1. The molecule has 2 rings (SSSR count). The second-order valence-corrected chi connectivity index (χ2v) is 5.75. The Hall–Kier alpha value is -1.46. The second kappa shape index (κ2) is 7.00. The molecule has 0 aliphatic carbocycles. The number of nitrogens with zero attached hydrogens (tertiary/aromatic N) is 1. The summed E-state index contributed by atoms with van der Waals surface area (Å²) in [6.07, 6.45) is 1.32. The van der Waals surface area contributed by atoms with Crippen LogP contribution in [0.2, 0.25) is 5.02 Å². The number of amides is 2. The van der Waals surface area contributed by atoms with Crippen molar-refractivity contribution in [2.24, 2.45) is 5.92 Å². The van der Waals surface area contributed by atoms with Gasteiger partial charge in [0, 0.05) is 19.2 Å². The molecule has 0 saturated carbocycles. The molecule has 1 aliphatic heterocycles. The number of methoxy groups -OCH3 is 1. The minimum absolute atomic E-state index is 0.172. The number of halogens is 1. The van der Waals surface area contributed by atoms with E-state index in [2.05, 4.69) is 5.32 Å². The molecular weight excluding hydrogens is 292 g/mol. The van der Waals surface area contributed by atoms with E-state index in [0.717, 1.165) is 12.8 Å². The number of aliphatic hydroxyl groups excluding tert-OH is 1. The number of urea groups is 1. The van der Waals surface area contributed by atoms with Gasteiger partial charge >= 0.3 is 6.03 Å². The average molecular weight is 313 g/mol. The Labute approximate surface area is 129 Å². The van der Waals surface area contributed by atoms with Gasteiger partial charge in [-0.2, -0.15) is 0 Å². The Morgan fingerprint density at radius 1 is 1.48 bits per heavy atom. The third-order valence-electron chi connectivity index (χ3n) is 3.92. The van der Waals surface area contributed by atoms with Crippen LogP contribution >= 0.6 is 11.6 Å².